The van der Waals surface area contributed by atoms with Gasteiger partial charge in [-0.1, -0.05) is 141 Å². The second kappa shape index (κ2) is 13.3. The fraction of sp³-hybridized carbons (Fsp3) is 0.234. The Morgan fingerprint density at radius 2 is 1.30 bits per heavy atom. The SMILES string of the molecule is CC(C)(C)c1ccc(N2B3c4cc5nc(-c6ccccc6)sc5cc4-n4c5cc6c(cc5c5ccc(c3c54)-c3cc4oc5cc7c(cc5c4cc32)C(C)(C)CCC7(C)C)-c2ccccc2C6(C)C)cc1. The van der Waals surface area contributed by atoms with Crippen LogP contribution in [0.5, 0.6) is 0 Å². The van der Waals surface area contributed by atoms with E-state index in [2.05, 4.69) is 211 Å². The maximum atomic E-state index is 7.06. The highest BCUT2D eigenvalue weighted by molar-refractivity contribution is 7.21. The van der Waals surface area contributed by atoms with Crippen molar-refractivity contribution in [1.82, 2.24) is 9.55 Å². The van der Waals surface area contributed by atoms with Crippen LogP contribution in [0.3, 0.4) is 0 Å². The monoisotopic (exact) mass is 923 g/mol. The molecule has 4 aliphatic rings. The van der Waals surface area contributed by atoms with Gasteiger partial charge in [0.1, 0.15) is 16.2 Å². The molecule has 0 saturated heterocycles. The summed E-state index contributed by atoms with van der Waals surface area (Å²) in [6, 6.07) is 53.7. The third kappa shape index (κ3) is 5.30. The van der Waals surface area contributed by atoms with Crippen molar-refractivity contribution in [3.8, 4) is 38.5 Å². The Labute approximate surface area is 413 Å². The molecular formula is C64H54BN3OS. The number of rotatable bonds is 2. The van der Waals surface area contributed by atoms with Gasteiger partial charge in [0, 0.05) is 55.1 Å². The maximum Gasteiger partial charge on any atom is 0.333 e. The smallest absolute Gasteiger partial charge is 0.333 e. The minimum atomic E-state index is -0.142. The molecule has 0 spiro atoms. The minimum absolute atomic E-state index is 0.0148. The van der Waals surface area contributed by atoms with Crippen molar-refractivity contribution < 1.29 is 4.42 Å². The average Bonchev–Trinajstić information content (AvgIpc) is 4.08. The molecule has 5 heterocycles. The number of benzene rings is 8. The predicted molar refractivity (Wildman–Crippen MR) is 297 cm³/mol. The summed E-state index contributed by atoms with van der Waals surface area (Å²) in [6.45, 7) is 21.2. The van der Waals surface area contributed by atoms with Crippen LogP contribution in [0.2, 0.25) is 0 Å². The van der Waals surface area contributed by atoms with Gasteiger partial charge < -0.3 is 13.8 Å². The summed E-state index contributed by atoms with van der Waals surface area (Å²) in [4.78, 5) is 8.10. The van der Waals surface area contributed by atoms with E-state index in [4.69, 9.17) is 9.40 Å². The van der Waals surface area contributed by atoms with Gasteiger partial charge >= 0.3 is 6.85 Å². The zero-order valence-electron chi connectivity index (χ0n) is 41.4. The number of aromatic nitrogens is 2. The van der Waals surface area contributed by atoms with E-state index in [-0.39, 0.29) is 28.5 Å². The first-order valence-electron chi connectivity index (χ1n) is 25.3. The van der Waals surface area contributed by atoms with E-state index in [1.807, 2.05) is 0 Å². The summed E-state index contributed by atoms with van der Waals surface area (Å²) >= 11 is 1.79. The lowest BCUT2D eigenvalue weighted by atomic mass is 9.44. The predicted octanol–water partition coefficient (Wildman–Crippen LogP) is 16.2. The molecule has 0 atom stereocenters. The van der Waals surface area contributed by atoms with Crippen molar-refractivity contribution in [2.75, 3.05) is 4.81 Å². The highest BCUT2D eigenvalue weighted by atomic mass is 32.1. The quantitative estimate of drug-likeness (QED) is 0.162. The molecule has 15 rings (SSSR count). The van der Waals surface area contributed by atoms with Crippen LogP contribution in [0, 0.1) is 0 Å². The number of thiazole rings is 1. The molecule has 0 amide bonds. The van der Waals surface area contributed by atoms with Crippen LogP contribution in [0.1, 0.15) is 103 Å². The van der Waals surface area contributed by atoms with Gasteiger partial charge in [-0.15, -0.1) is 11.3 Å². The van der Waals surface area contributed by atoms with E-state index >= 15 is 0 Å². The Morgan fingerprint density at radius 1 is 0.586 bits per heavy atom. The summed E-state index contributed by atoms with van der Waals surface area (Å²) in [5.74, 6) is 0. The zero-order chi connectivity index (χ0) is 47.5. The Balaban J connectivity index is 1.07. The van der Waals surface area contributed by atoms with Crippen LogP contribution in [-0.4, -0.2) is 16.4 Å². The van der Waals surface area contributed by atoms with Gasteiger partial charge in [0.15, 0.2) is 0 Å². The number of furan rings is 1. The van der Waals surface area contributed by atoms with Crippen molar-refractivity contribution in [1.29, 1.82) is 0 Å². The topological polar surface area (TPSA) is 34.2 Å². The van der Waals surface area contributed by atoms with E-state index < -0.39 is 0 Å². The molecule has 0 radical (unpaired) electrons. The van der Waals surface area contributed by atoms with Crippen molar-refractivity contribution in [3.63, 3.8) is 0 Å². The normalized spacial score (nSPS) is 16.8. The summed E-state index contributed by atoms with van der Waals surface area (Å²) in [6.07, 6.45) is 2.33. The van der Waals surface area contributed by atoms with E-state index in [1.165, 1.54) is 115 Å². The third-order valence-electron chi connectivity index (χ3n) is 17.4. The molecule has 2 aliphatic heterocycles. The lowest BCUT2D eigenvalue weighted by Gasteiger charge is -2.42. The molecule has 0 N–H and O–H groups in total. The molecule has 3 aromatic heterocycles. The van der Waals surface area contributed by atoms with Gasteiger partial charge in [-0.25, -0.2) is 4.98 Å². The second-order valence-electron chi connectivity index (χ2n) is 23.8. The van der Waals surface area contributed by atoms with Crippen molar-refractivity contribution in [2.24, 2.45) is 0 Å². The van der Waals surface area contributed by atoms with Gasteiger partial charge in [-0.2, -0.15) is 0 Å². The largest absolute Gasteiger partial charge is 0.456 e. The summed E-state index contributed by atoms with van der Waals surface area (Å²) in [5, 5.41) is 5.99. The Hall–Kier alpha value is -6.89. The first-order valence-corrected chi connectivity index (χ1v) is 26.1. The van der Waals surface area contributed by atoms with Gasteiger partial charge in [-0.3, -0.25) is 0 Å². The van der Waals surface area contributed by atoms with Crippen LogP contribution >= 0.6 is 11.3 Å². The lowest BCUT2D eigenvalue weighted by Crippen LogP contribution is -2.60. The van der Waals surface area contributed by atoms with E-state index in [1.54, 1.807) is 11.3 Å². The molecule has 0 saturated carbocycles. The van der Waals surface area contributed by atoms with Crippen LogP contribution in [0.25, 0.3) is 92.5 Å². The van der Waals surface area contributed by atoms with Gasteiger partial charge in [-0.05, 0) is 145 Å². The summed E-state index contributed by atoms with van der Waals surface area (Å²) < 4.78 is 10.9. The molecule has 8 aromatic carbocycles. The average molecular weight is 924 g/mol. The molecule has 11 aromatic rings. The van der Waals surface area contributed by atoms with E-state index in [0.717, 1.165) is 40.1 Å². The van der Waals surface area contributed by atoms with Crippen molar-refractivity contribution in [3.05, 3.63) is 167 Å². The molecule has 4 nitrogen and oxygen atoms in total. The summed E-state index contributed by atoms with van der Waals surface area (Å²) in [5.41, 5.74) is 25.0. The van der Waals surface area contributed by atoms with Crippen LogP contribution < -0.4 is 15.7 Å². The molecule has 70 heavy (non-hydrogen) atoms. The first-order chi connectivity index (χ1) is 33.5. The molecule has 0 fully saturated rings. The Morgan fingerprint density at radius 3 is 2.07 bits per heavy atom. The fourth-order valence-corrected chi connectivity index (χ4v) is 14.4. The third-order valence-corrected chi connectivity index (χ3v) is 18.5. The van der Waals surface area contributed by atoms with Gasteiger partial charge in [0.05, 0.1) is 21.3 Å². The Kier molecular flexibility index (Phi) is 7.78. The van der Waals surface area contributed by atoms with Gasteiger partial charge in [0.25, 0.3) is 0 Å². The molecule has 0 bridgehead atoms. The highest BCUT2D eigenvalue weighted by Gasteiger charge is 2.46. The first kappa shape index (κ1) is 40.9. The van der Waals surface area contributed by atoms with Crippen molar-refractivity contribution >= 4 is 94.4 Å². The van der Waals surface area contributed by atoms with Crippen LogP contribution in [0.4, 0.5) is 11.4 Å². The number of anilines is 2. The minimum Gasteiger partial charge on any atom is -0.456 e. The van der Waals surface area contributed by atoms with E-state index in [0.29, 0.717) is 0 Å². The van der Waals surface area contributed by atoms with E-state index in [9.17, 15) is 0 Å². The number of hydrogen-bond acceptors (Lipinski definition) is 4. The number of nitrogens with zero attached hydrogens (tertiary/aromatic N) is 3. The maximum absolute atomic E-state index is 7.06. The summed E-state index contributed by atoms with van der Waals surface area (Å²) in [7, 11) is 0. The van der Waals surface area contributed by atoms with Crippen molar-refractivity contribution in [2.45, 2.75) is 96.8 Å². The second-order valence-corrected chi connectivity index (χ2v) is 24.8. The molecular weight excluding hydrogens is 870 g/mol. The standard InChI is InChI=1S/C64H54BN3OS/c1-61(2,3)36-19-21-37(22-20-36)68-53-29-45-44-28-48-49(63(6,7)26-25-62(48,4)5)32-56(44)69-55(45)30-43(53)39-23-24-40-42-27-41-38-17-13-14-18-46(38)64(8,9)47(41)31-52(42)67-54-34-57-51(33-50(54)65(68)58(39)59(40)67)66-60(70-57)35-15-11-10-12-16-35/h10-24,27-34H,25-26H2,1-9H3. The lowest BCUT2D eigenvalue weighted by molar-refractivity contribution is 0.332. The molecule has 340 valence electrons. The number of hydrogen-bond donors (Lipinski definition) is 0. The highest BCUT2D eigenvalue weighted by Crippen LogP contribution is 2.54. The van der Waals surface area contributed by atoms with Crippen LogP contribution in [0.15, 0.2) is 144 Å². The van der Waals surface area contributed by atoms with Crippen LogP contribution in [-0.2, 0) is 21.7 Å². The van der Waals surface area contributed by atoms with Gasteiger partial charge in [0.2, 0.25) is 0 Å². The zero-order valence-corrected chi connectivity index (χ0v) is 42.2. The Bertz CT molecular complexity index is 4140. The number of fused-ring (bicyclic) bond motifs is 16. The molecule has 2 aliphatic carbocycles. The molecule has 0 unspecified atom stereocenters. The fourth-order valence-electron chi connectivity index (χ4n) is 13.4. The molecule has 6 heteroatoms.